The number of hydrogen-bond acceptors (Lipinski definition) is 5. The Morgan fingerprint density at radius 3 is 2.78 bits per heavy atom. The number of aromatic nitrogens is 4. The van der Waals surface area contributed by atoms with Crippen LogP contribution in [-0.2, 0) is 13.0 Å². The molecule has 0 aliphatic carbocycles. The molecule has 6 nitrogen and oxygen atoms in total. The van der Waals surface area contributed by atoms with Gasteiger partial charge >= 0.3 is 0 Å². The van der Waals surface area contributed by atoms with E-state index in [1.165, 1.54) is 17.3 Å². The smallest absolute Gasteiger partial charge is 0.192 e. The minimum Gasteiger partial charge on any atom is -0.467 e. The Morgan fingerprint density at radius 1 is 1.12 bits per heavy atom. The summed E-state index contributed by atoms with van der Waals surface area (Å²) in [5, 5.41) is 9.52. The molecule has 160 valence electrons. The van der Waals surface area contributed by atoms with E-state index in [0.717, 1.165) is 28.6 Å². The first kappa shape index (κ1) is 20.3. The fraction of sp³-hybridized carbons (Fsp3) is 0.160. The predicted molar refractivity (Wildman–Crippen MR) is 125 cm³/mol. The average molecular weight is 443 g/mol. The summed E-state index contributed by atoms with van der Waals surface area (Å²) < 4.78 is 7.37. The number of furan rings is 1. The van der Waals surface area contributed by atoms with Gasteiger partial charge in [0.15, 0.2) is 10.9 Å². The van der Waals surface area contributed by atoms with Crippen molar-refractivity contribution in [1.29, 1.82) is 0 Å². The summed E-state index contributed by atoms with van der Waals surface area (Å²) in [6.45, 7) is 2.62. The summed E-state index contributed by atoms with van der Waals surface area (Å²) in [7, 11) is 0. The third-order valence-corrected chi connectivity index (χ3v) is 6.75. The molecule has 5 aromatic rings. The van der Waals surface area contributed by atoms with Crippen molar-refractivity contribution in [1.82, 2.24) is 19.7 Å². The summed E-state index contributed by atoms with van der Waals surface area (Å²) in [4.78, 5) is 17.2. The molecule has 0 radical (unpaired) electrons. The normalized spacial score (nSPS) is 12.3. The SMILES string of the molecule is CCc1cccc2c(C(=O)C(Sc3nncn3Cc3ccco3)c3ccccc3)c[nH]c12. The van der Waals surface area contributed by atoms with Crippen molar-refractivity contribution in [2.24, 2.45) is 0 Å². The van der Waals surface area contributed by atoms with Gasteiger partial charge in [-0.1, -0.05) is 67.2 Å². The number of H-pyrrole nitrogens is 1. The molecule has 3 heterocycles. The number of carbonyl (C=O) groups excluding carboxylic acids is 1. The van der Waals surface area contributed by atoms with Gasteiger partial charge in [-0.25, -0.2) is 0 Å². The maximum Gasteiger partial charge on any atom is 0.192 e. The molecule has 0 fully saturated rings. The number of nitrogens with zero attached hydrogens (tertiary/aromatic N) is 3. The fourth-order valence-corrected chi connectivity index (χ4v) is 4.96. The van der Waals surface area contributed by atoms with Gasteiger partial charge in [0, 0.05) is 22.7 Å². The molecule has 3 aromatic heterocycles. The second kappa shape index (κ2) is 8.88. The highest BCUT2D eigenvalue weighted by molar-refractivity contribution is 8.00. The lowest BCUT2D eigenvalue weighted by Crippen LogP contribution is -2.11. The van der Waals surface area contributed by atoms with Crippen LogP contribution in [-0.4, -0.2) is 25.5 Å². The molecule has 0 spiro atoms. The highest BCUT2D eigenvalue weighted by Crippen LogP contribution is 2.38. The van der Waals surface area contributed by atoms with Crippen LogP contribution < -0.4 is 0 Å². The van der Waals surface area contributed by atoms with E-state index in [1.807, 2.05) is 65.4 Å². The number of thioether (sulfide) groups is 1. The van der Waals surface area contributed by atoms with Crippen LogP contribution in [0.3, 0.4) is 0 Å². The maximum absolute atomic E-state index is 13.9. The number of aryl methyl sites for hydroxylation is 1. The molecule has 0 aliphatic heterocycles. The molecule has 5 rings (SSSR count). The van der Waals surface area contributed by atoms with Crippen molar-refractivity contribution >= 4 is 28.4 Å². The number of hydrogen-bond donors (Lipinski definition) is 1. The van der Waals surface area contributed by atoms with Gasteiger partial charge in [-0.15, -0.1) is 10.2 Å². The minimum absolute atomic E-state index is 0.0354. The second-order valence-corrected chi connectivity index (χ2v) is 8.56. The maximum atomic E-state index is 13.9. The average Bonchev–Trinajstić information content (AvgIpc) is 3.59. The zero-order valence-electron chi connectivity index (χ0n) is 17.6. The molecule has 1 N–H and O–H groups in total. The molecule has 1 unspecified atom stereocenters. The summed E-state index contributed by atoms with van der Waals surface area (Å²) in [6, 6.07) is 19.7. The topological polar surface area (TPSA) is 76.7 Å². The molecule has 0 aliphatic rings. The van der Waals surface area contributed by atoms with E-state index in [9.17, 15) is 4.79 Å². The van der Waals surface area contributed by atoms with Crippen LogP contribution in [0.2, 0.25) is 0 Å². The number of benzene rings is 2. The number of Topliss-reactive ketones (excluding diaryl/α,β-unsaturated/α-hetero) is 1. The first-order chi connectivity index (χ1) is 15.7. The lowest BCUT2D eigenvalue weighted by Gasteiger charge is -2.16. The van der Waals surface area contributed by atoms with Gasteiger partial charge in [-0.05, 0) is 29.7 Å². The van der Waals surface area contributed by atoms with Gasteiger partial charge in [-0.3, -0.25) is 4.79 Å². The molecule has 0 amide bonds. The highest BCUT2D eigenvalue weighted by Gasteiger charge is 2.28. The van der Waals surface area contributed by atoms with Crippen molar-refractivity contribution in [2.75, 3.05) is 0 Å². The van der Waals surface area contributed by atoms with Gasteiger partial charge in [0.05, 0.1) is 12.8 Å². The molecule has 7 heteroatoms. The van der Waals surface area contributed by atoms with E-state index in [1.54, 1.807) is 12.6 Å². The molecule has 0 saturated heterocycles. The van der Waals surface area contributed by atoms with Gasteiger partial charge < -0.3 is 14.0 Å². The van der Waals surface area contributed by atoms with Crippen LogP contribution in [0.25, 0.3) is 10.9 Å². The van der Waals surface area contributed by atoms with Gasteiger partial charge in [0.2, 0.25) is 0 Å². The number of aromatic amines is 1. The third kappa shape index (κ3) is 3.87. The second-order valence-electron chi connectivity index (χ2n) is 7.49. The lowest BCUT2D eigenvalue weighted by molar-refractivity contribution is 0.0991. The monoisotopic (exact) mass is 442 g/mol. The van der Waals surface area contributed by atoms with Gasteiger partial charge in [0.25, 0.3) is 0 Å². The van der Waals surface area contributed by atoms with Gasteiger partial charge in [-0.2, -0.15) is 0 Å². The molecule has 2 aromatic carbocycles. The molecule has 0 saturated carbocycles. The van der Waals surface area contributed by atoms with Gasteiger partial charge in [0.1, 0.15) is 17.3 Å². The predicted octanol–water partition coefficient (Wildman–Crippen LogP) is 5.68. The fourth-order valence-electron chi connectivity index (χ4n) is 3.88. The van der Waals surface area contributed by atoms with Crippen molar-refractivity contribution in [2.45, 2.75) is 30.3 Å². The number of rotatable bonds is 8. The van der Waals surface area contributed by atoms with E-state index in [4.69, 9.17) is 4.42 Å². The summed E-state index contributed by atoms with van der Waals surface area (Å²) in [6.07, 6.45) is 6.04. The van der Waals surface area contributed by atoms with Crippen LogP contribution in [0.4, 0.5) is 0 Å². The standard InChI is InChI=1S/C25H22N4O2S/c1-2-17-10-6-12-20-21(14-26-22(17)20)23(30)24(18-8-4-3-5-9-18)32-25-28-27-16-29(25)15-19-11-7-13-31-19/h3-14,16,24,26H,2,15H2,1H3. The quantitative estimate of drug-likeness (QED) is 0.247. The zero-order valence-corrected chi connectivity index (χ0v) is 18.4. The first-order valence-electron chi connectivity index (χ1n) is 10.5. The van der Waals surface area contributed by atoms with Crippen LogP contribution in [0, 0.1) is 0 Å². The number of para-hydroxylation sites is 1. The Bertz CT molecular complexity index is 1340. The number of carbonyl (C=O) groups is 1. The number of fused-ring (bicyclic) bond motifs is 1. The highest BCUT2D eigenvalue weighted by atomic mass is 32.2. The third-order valence-electron chi connectivity index (χ3n) is 5.50. The largest absolute Gasteiger partial charge is 0.467 e. The van der Waals surface area contributed by atoms with Crippen molar-refractivity contribution in [3.63, 3.8) is 0 Å². The van der Waals surface area contributed by atoms with Crippen LogP contribution in [0.15, 0.2) is 89.0 Å². The lowest BCUT2D eigenvalue weighted by atomic mass is 10.0. The molecule has 0 bridgehead atoms. The van der Waals surface area contributed by atoms with E-state index in [0.29, 0.717) is 17.3 Å². The van der Waals surface area contributed by atoms with Crippen molar-refractivity contribution in [3.05, 3.63) is 102 Å². The van der Waals surface area contributed by atoms with Crippen LogP contribution in [0.5, 0.6) is 0 Å². The van der Waals surface area contributed by atoms with Crippen molar-refractivity contribution < 1.29 is 9.21 Å². The Hall–Kier alpha value is -3.58. The van der Waals surface area contributed by atoms with E-state index >= 15 is 0 Å². The Morgan fingerprint density at radius 2 is 2.00 bits per heavy atom. The Labute approximate surface area is 189 Å². The number of nitrogens with one attached hydrogen (secondary N) is 1. The van der Waals surface area contributed by atoms with E-state index in [-0.39, 0.29) is 5.78 Å². The molecule has 1 atom stereocenters. The van der Waals surface area contributed by atoms with E-state index < -0.39 is 5.25 Å². The molecule has 32 heavy (non-hydrogen) atoms. The van der Waals surface area contributed by atoms with Crippen molar-refractivity contribution in [3.8, 4) is 0 Å². The Balaban J connectivity index is 1.52. The minimum atomic E-state index is -0.458. The molecular formula is C25H22N4O2S. The summed E-state index contributed by atoms with van der Waals surface area (Å²) in [5.41, 5.74) is 3.84. The number of ketones is 1. The van der Waals surface area contributed by atoms with Crippen LogP contribution in [0.1, 0.15) is 39.4 Å². The zero-order chi connectivity index (χ0) is 21.9. The molecular weight excluding hydrogens is 420 g/mol. The first-order valence-corrected chi connectivity index (χ1v) is 11.4. The van der Waals surface area contributed by atoms with E-state index in [2.05, 4.69) is 28.2 Å². The Kier molecular flexibility index (Phi) is 5.64. The summed E-state index contributed by atoms with van der Waals surface area (Å²) in [5.74, 6) is 0.839. The van der Waals surface area contributed by atoms with Crippen LogP contribution >= 0.6 is 11.8 Å². The summed E-state index contributed by atoms with van der Waals surface area (Å²) >= 11 is 1.41.